The van der Waals surface area contributed by atoms with Crippen LogP contribution in [0.25, 0.3) is 0 Å². The van der Waals surface area contributed by atoms with Gasteiger partial charge in [-0.3, -0.25) is 4.90 Å². The van der Waals surface area contributed by atoms with Gasteiger partial charge in [0.2, 0.25) is 0 Å². The molecule has 0 spiro atoms. The highest BCUT2D eigenvalue weighted by Gasteiger charge is 2.18. The molecule has 82 valence electrons. The lowest BCUT2D eigenvalue weighted by molar-refractivity contribution is 0.0198. The zero-order valence-electron chi connectivity index (χ0n) is 8.95. The van der Waals surface area contributed by atoms with Gasteiger partial charge in [0.15, 0.2) is 0 Å². The summed E-state index contributed by atoms with van der Waals surface area (Å²) in [5, 5.41) is 0. The minimum absolute atomic E-state index is 0.478. The Kier molecular flexibility index (Phi) is 3.78. The summed E-state index contributed by atoms with van der Waals surface area (Å²) in [5.74, 6) is 0. The molecule has 0 bridgehead atoms. The van der Waals surface area contributed by atoms with Gasteiger partial charge in [-0.2, -0.15) is 0 Å². The van der Waals surface area contributed by atoms with Crippen molar-refractivity contribution in [3.8, 4) is 0 Å². The van der Waals surface area contributed by atoms with Crippen molar-refractivity contribution in [3.05, 3.63) is 34.3 Å². The Hall–Kier alpha value is -0.380. The molecule has 1 fully saturated rings. The molecule has 1 aromatic rings. The molecule has 15 heavy (non-hydrogen) atoms. The minimum Gasteiger partial charge on any atom is -0.379 e. The van der Waals surface area contributed by atoms with Crippen molar-refractivity contribution in [3.63, 3.8) is 0 Å². The maximum Gasteiger partial charge on any atom is 0.0594 e. The molecular formula is C12H16BrNO. The molecule has 1 atom stereocenters. The van der Waals surface area contributed by atoms with Crippen LogP contribution in [0, 0.1) is 0 Å². The van der Waals surface area contributed by atoms with Crippen molar-refractivity contribution >= 4 is 15.9 Å². The van der Waals surface area contributed by atoms with Gasteiger partial charge in [0.05, 0.1) is 13.2 Å². The average Bonchev–Trinajstić information content (AvgIpc) is 2.29. The van der Waals surface area contributed by atoms with Gasteiger partial charge in [0.1, 0.15) is 0 Å². The molecule has 3 heteroatoms. The second-order valence-electron chi connectivity index (χ2n) is 3.88. The third kappa shape index (κ3) is 2.80. The Morgan fingerprint density at radius 1 is 1.33 bits per heavy atom. The van der Waals surface area contributed by atoms with Crippen LogP contribution in [0.3, 0.4) is 0 Å². The van der Waals surface area contributed by atoms with Crippen LogP contribution in [0.15, 0.2) is 28.7 Å². The smallest absolute Gasteiger partial charge is 0.0594 e. The summed E-state index contributed by atoms with van der Waals surface area (Å²) in [4.78, 5) is 2.46. The predicted molar refractivity (Wildman–Crippen MR) is 64.9 cm³/mol. The van der Waals surface area contributed by atoms with Crippen LogP contribution in [0.4, 0.5) is 0 Å². The molecule has 1 aromatic carbocycles. The van der Waals surface area contributed by atoms with E-state index < -0.39 is 0 Å². The fourth-order valence-corrected chi connectivity index (χ4v) is 2.36. The van der Waals surface area contributed by atoms with Crippen molar-refractivity contribution in [2.45, 2.75) is 13.0 Å². The fraction of sp³-hybridized carbons (Fsp3) is 0.500. The van der Waals surface area contributed by atoms with Gasteiger partial charge < -0.3 is 4.74 Å². The van der Waals surface area contributed by atoms with Gasteiger partial charge >= 0.3 is 0 Å². The molecule has 1 unspecified atom stereocenters. The Balaban J connectivity index is 2.08. The topological polar surface area (TPSA) is 12.5 Å². The number of halogens is 1. The number of nitrogens with zero attached hydrogens (tertiary/aromatic N) is 1. The Bertz CT molecular complexity index is 323. The number of hydrogen-bond donors (Lipinski definition) is 0. The maximum atomic E-state index is 5.36. The molecule has 0 saturated carbocycles. The summed E-state index contributed by atoms with van der Waals surface area (Å²) in [6, 6.07) is 9.02. The van der Waals surface area contributed by atoms with Crippen LogP contribution in [-0.2, 0) is 4.74 Å². The van der Waals surface area contributed by atoms with Crippen molar-refractivity contribution in [2.75, 3.05) is 26.3 Å². The summed E-state index contributed by atoms with van der Waals surface area (Å²) in [6.07, 6.45) is 0. The van der Waals surface area contributed by atoms with Crippen molar-refractivity contribution in [1.29, 1.82) is 0 Å². The lowest BCUT2D eigenvalue weighted by Gasteiger charge is -2.32. The van der Waals surface area contributed by atoms with Crippen LogP contribution in [0.2, 0.25) is 0 Å². The Morgan fingerprint density at radius 2 is 2.07 bits per heavy atom. The summed E-state index contributed by atoms with van der Waals surface area (Å²) >= 11 is 3.51. The van der Waals surface area contributed by atoms with E-state index in [1.165, 1.54) is 5.56 Å². The first kappa shape index (κ1) is 11.1. The number of ether oxygens (including phenoxy) is 1. The van der Waals surface area contributed by atoms with E-state index in [9.17, 15) is 0 Å². The molecule has 2 rings (SSSR count). The van der Waals surface area contributed by atoms with Crippen LogP contribution in [0.1, 0.15) is 18.5 Å². The van der Waals surface area contributed by atoms with Crippen molar-refractivity contribution < 1.29 is 4.74 Å². The van der Waals surface area contributed by atoms with Crippen molar-refractivity contribution in [2.24, 2.45) is 0 Å². The minimum atomic E-state index is 0.478. The van der Waals surface area contributed by atoms with E-state index in [4.69, 9.17) is 4.74 Å². The summed E-state index contributed by atoms with van der Waals surface area (Å²) in [5.41, 5.74) is 1.37. The van der Waals surface area contributed by atoms with E-state index in [2.05, 4.69) is 52.0 Å². The zero-order valence-corrected chi connectivity index (χ0v) is 10.5. The first-order valence-electron chi connectivity index (χ1n) is 5.34. The van der Waals surface area contributed by atoms with Gasteiger partial charge in [-0.05, 0) is 24.6 Å². The van der Waals surface area contributed by atoms with Crippen LogP contribution in [0.5, 0.6) is 0 Å². The molecular weight excluding hydrogens is 254 g/mol. The second-order valence-corrected chi connectivity index (χ2v) is 4.79. The predicted octanol–water partition coefficient (Wildman–Crippen LogP) is 2.84. The Labute approximate surface area is 99.4 Å². The van der Waals surface area contributed by atoms with Crippen molar-refractivity contribution in [1.82, 2.24) is 4.90 Å². The monoisotopic (exact) mass is 269 g/mol. The van der Waals surface area contributed by atoms with Gasteiger partial charge in [-0.1, -0.05) is 28.1 Å². The number of hydrogen-bond acceptors (Lipinski definition) is 2. The molecule has 0 aliphatic carbocycles. The van der Waals surface area contributed by atoms with E-state index in [0.717, 1.165) is 30.8 Å². The largest absolute Gasteiger partial charge is 0.379 e. The highest BCUT2D eigenvalue weighted by molar-refractivity contribution is 9.10. The van der Waals surface area contributed by atoms with Crippen LogP contribution < -0.4 is 0 Å². The summed E-state index contributed by atoms with van der Waals surface area (Å²) < 4.78 is 6.51. The number of benzene rings is 1. The van der Waals surface area contributed by atoms with Gasteiger partial charge in [0.25, 0.3) is 0 Å². The SMILES string of the molecule is CC(c1cccc(Br)c1)N1CCOCC1. The Morgan fingerprint density at radius 3 is 2.73 bits per heavy atom. The quantitative estimate of drug-likeness (QED) is 0.819. The lowest BCUT2D eigenvalue weighted by Crippen LogP contribution is -2.37. The second kappa shape index (κ2) is 5.10. The summed E-state index contributed by atoms with van der Waals surface area (Å²) in [7, 11) is 0. The zero-order chi connectivity index (χ0) is 10.7. The molecule has 2 nitrogen and oxygen atoms in total. The third-order valence-electron chi connectivity index (χ3n) is 2.92. The molecule has 0 aromatic heterocycles. The molecule has 0 radical (unpaired) electrons. The highest BCUT2D eigenvalue weighted by Crippen LogP contribution is 2.23. The molecule has 0 N–H and O–H groups in total. The van der Waals surface area contributed by atoms with Crippen LogP contribution in [-0.4, -0.2) is 31.2 Å². The molecule has 1 heterocycles. The number of morpholine rings is 1. The van der Waals surface area contributed by atoms with E-state index in [-0.39, 0.29) is 0 Å². The first-order valence-corrected chi connectivity index (χ1v) is 6.14. The fourth-order valence-electron chi connectivity index (χ4n) is 1.94. The first-order chi connectivity index (χ1) is 7.27. The van der Waals surface area contributed by atoms with Crippen LogP contribution >= 0.6 is 15.9 Å². The van der Waals surface area contributed by atoms with E-state index >= 15 is 0 Å². The third-order valence-corrected chi connectivity index (χ3v) is 3.42. The highest BCUT2D eigenvalue weighted by atomic mass is 79.9. The van der Waals surface area contributed by atoms with Gasteiger partial charge in [-0.25, -0.2) is 0 Å². The normalized spacial score (nSPS) is 20.1. The van der Waals surface area contributed by atoms with Gasteiger partial charge in [0, 0.05) is 23.6 Å². The summed E-state index contributed by atoms with van der Waals surface area (Å²) in [6.45, 7) is 6.05. The number of rotatable bonds is 2. The lowest BCUT2D eigenvalue weighted by atomic mass is 10.1. The maximum absolute atomic E-state index is 5.36. The molecule has 1 saturated heterocycles. The van der Waals surface area contributed by atoms with Gasteiger partial charge in [-0.15, -0.1) is 0 Å². The molecule has 1 aliphatic rings. The van der Waals surface area contributed by atoms with E-state index in [1.54, 1.807) is 0 Å². The standard InChI is InChI=1S/C12H16BrNO/c1-10(14-5-7-15-8-6-14)11-3-2-4-12(13)9-11/h2-4,9-10H,5-8H2,1H3. The van der Waals surface area contributed by atoms with E-state index in [0.29, 0.717) is 6.04 Å². The molecule has 1 aliphatic heterocycles. The molecule has 0 amide bonds. The van der Waals surface area contributed by atoms with E-state index in [1.807, 2.05) is 0 Å². The average molecular weight is 270 g/mol.